The van der Waals surface area contributed by atoms with Crippen molar-refractivity contribution >= 4 is 32.9 Å². The third-order valence-electron chi connectivity index (χ3n) is 3.65. The number of aliphatic hydroxyl groups excluding tert-OH is 1. The van der Waals surface area contributed by atoms with Gasteiger partial charge in [-0.15, -0.1) is 0 Å². The molecule has 3 aromatic rings. The third kappa shape index (κ3) is 3.43. The number of rotatable bonds is 5. The molecule has 2 aromatic carbocycles. The molecule has 23 heavy (non-hydrogen) atoms. The number of amides is 1. The zero-order valence-corrected chi connectivity index (χ0v) is 13.9. The second-order valence-corrected chi connectivity index (χ2v) is 6.26. The normalized spacial score (nSPS) is 12.4. The number of halogens is 1. The molecule has 118 valence electrons. The highest BCUT2D eigenvalue weighted by Crippen LogP contribution is 2.23. The number of carbonyl (C=O) groups excluding carboxylic acids is 1. The van der Waals surface area contributed by atoms with Crippen LogP contribution in [0.25, 0.3) is 11.0 Å². The molecule has 1 heterocycles. The van der Waals surface area contributed by atoms with Crippen LogP contribution in [0.5, 0.6) is 0 Å². The van der Waals surface area contributed by atoms with Crippen LogP contribution in [0.4, 0.5) is 0 Å². The second kappa shape index (κ2) is 6.52. The zero-order valence-electron chi connectivity index (χ0n) is 12.3. The van der Waals surface area contributed by atoms with Gasteiger partial charge in [-0.3, -0.25) is 4.79 Å². The topological polar surface area (TPSA) is 81.1 Å². The summed E-state index contributed by atoms with van der Waals surface area (Å²) in [5.41, 5.74) is 7.77. The summed E-state index contributed by atoms with van der Waals surface area (Å²) in [6.07, 6.45) is -0.670. The highest BCUT2D eigenvalue weighted by Gasteiger charge is 2.16. The monoisotopic (exact) mass is 373 g/mol. The molecule has 0 saturated heterocycles. The number of carbonyl (C=O) groups is 1. The Morgan fingerprint density at radius 1 is 1.26 bits per heavy atom. The smallest absolute Gasteiger partial charge is 0.225 e. The summed E-state index contributed by atoms with van der Waals surface area (Å²) in [6, 6.07) is 15.1. The number of hydrogen-bond acceptors (Lipinski definition) is 3. The quantitative estimate of drug-likeness (QED) is 0.720. The lowest BCUT2D eigenvalue weighted by Crippen LogP contribution is -2.19. The molecule has 1 aromatic heterocycles. The van der Waals surface area contributed by atoms with Crippen molar-refractivity contribution in [1.82, 2.24) is 9.55 Å². The largest absolute Gasteiger partial charge is 0.387 e. The lowest BCUT2D eigenvalue weighted by Gasteiger charge is -2.15. The Bertz CT molecular complexity index is 860. The maximum atomic E-state index is 11.3. The molecule has 6 heteroatoms. The maximum absolute atomic E-state index is 11.3. The van der Waals surface area contributed by atoms with Crippen molar-refractivity contribution in [3.63, 3.8) is 0 Å². The summed E-state index contributed by atoms with van der Waals surface area (Å²) in [5, 5.41) is 10.5. The molecule has 0 aliphatic heterocycles. The first-order valence-electron chi connectivity index (χ1n) is 7.20. The fourth-order valence-corrected chi connectivity index (χ4v) is 3.03. The number of para-hydroxylation sites is 2. The number of imidazole rings is 1. The van der Waals surface area contributed by atoms with Crippen LogP contribution >= 0.6 is 15.9 Å². The molecule has 0 spiro atoms. The van der Waals surface area contributed by atoms with Crippen molar-refractivity contribution < 1.29 is 9.90 Å². The van der Waals surface area contributed by atoms with Gasteiger partial charge in [0.05, 0.1) is 30.1 Å². The molecule has 0 saturated carbocycles. The molecule has 0 unspecified atom stereocenters. The minimum absolute atomic E-state index is 0.0416. The number of nitrogens with two attached hydrogens (primary N) is 1. The fraction of sp³-hybridized carbons (Fsp3) is 0.176. The predicted octanol–water partition coefficient (Wildman–Crippen LogP) is 2.56. The maximum Gasteiger partial charge on any atom is 0.225 e. The SMILES string of the molecule is NC(=O)Cc1nc2ccccc2n1C[C@H](O)c1cccc(Br)c1. The van der Waals surface area contributed by atoms with Gasteiger partial charge in [0, 0.05) is 4.47 Å². The van der Waals surface area contributed by atoms with Gasteiger partial charge in [-0.1, -0.05) is 40.2 Å². The minimum atomic E-state index is -0.711. The summed E-state index contributed by atoms with van der Waals surface area (Å²) < 4.78 is 2.76. The standard InChI is InChI=1S/C17H16BrN3O2/c18-12-5-3-4-11(8-12)15(22)10-21-14-7-2-1-6-13(14)20-17(21)9-16(19)23/h1-8,15,22H,9-10H2,(H2,19,23)/t15-/m0/s1. The molecule has 3 N–H and O–H groups in total. The molecule has 0 aliphatic carbocycles. The molecule has 5 nitrogen and oxygen atoms in total. The summed E-state index contributed by atoms with van der Waals surface area (Å²) in [4.78, 5) is 15.8. The lowest BCUT2D eigenvalue weighted by atomic mass is 10.1. The molecule has 0 bridgehead atoms. The van der Waals surface area contributed by atoms with Gasteiger partial charge in [0.25, 0.3) is 0 Å². The number of fused-ring (bicyclic) bond motifs is 1. The van der Waals surface area contributed by atoms with Crippen LogP contribution in [0.1, 0.15) is 17.5 Å². The molecule has 1 amide bonds. The highest BCUT2D eigenvalue weighted by molar-refractivity contribution is 9.10. The van der Waals surface area contributed by atoms with Crippen LogP contribution < -0.4 is 5.73 Å². The van der Waals surface area contributed by atoms with Crippen LogP contribution in [0.15, 0.2) is 53.0 Å². The molecular formula is C17H16BrN3O2. The Kier molecular flexibility index (Phi) is 4.45. The van der Waals surface area contributed by atoms with Crippen LogP contribution in [-0.4, -0.2) is 20.6 Å². The van der Waals surface area contributed by atoms with Crippen molar-refractivity contribution in [2.45, 2.75) is 19.1 Å². The highest BCUT2D eigenvalue weighted by atomic mass is 79.9. The first-order valence-corrected chi connectivity index (χ1v) is 8.00. The van der Waals surface area contributed by atoms with Gasteiger partial charge in [-0.25, -0.2) is 4.98 Å². The summed E-state index contributed by atoms with van der Waals surface area (Å²) in [6.45, 7) is 0.305. The molecular weight excluding hydrogens is 358 g/mol. The summed E-state index contributed by atoms with van der Waals surface area (Å²) >= 11 is 3.40. The van der Waals surface area contributed by atoms with E-state index < -0.39 is 12.0 Å². The van der Waals surface area contributed by atoms with Gasteiger partial charge in [0.1, 0.15) is 5.82 Å². The van der Waals surface area contributed by atoms with Gasteiger partial charge in [-0.05, 0) is 29.8 Å². The van der Waals surface area contributed by atoms with Crippen molar-refractivity contribution in [1.29, 1.82) is 0 Å². The molecule has 0 radical (unpaired) electrons. The first kappa shape index (κ1) is 15.7. The Morgan fingerprint density at radius 3 is 2.78 bits per heavy atom. The van der Waals surface area contributed by atoms with Crippen molar-refractivity contribution in [3.05, 3.63) is 64.4 Å². The number of aromatic nitrogens is 2. The van der Waals surface area contributed by atoms with Crippen LogP contribution in [0, 0.1) is 0 Å². The lowest BCUT2D eigenvalue weighted by molar-refractivity contribution is -0.117. The molecule has 0 aliphatic rings. The number of hydrogen-bond donors (Lipinski definition) is 2. The van der Waals surface area contributed by atoms with Gasteiger partial charge >= 0.3 is 0 Å². The Hall–Kier alpha value is -2.18. The molecule has 1 atom stereocenters. The van der Waals surface area contributed by atoms with Crippen molar-refractivity contribution in [2.75, 3.05) is 0 Å². The molecule has 0 fully saturated rings. The van der Waals surface area contributed by atoms with Crippen molar-refractivity contribution in [3.8, 4) is 0 Å². The van der Waals surface area contributed by atoms with Gasteiger partial charge in [0.15, 0.2) is 0 Å². The Balaban J connectivity index is 1.99. The van der Waals surface area contributed by atoms with E-state index in [0.29, 0.717) is 12.4 Å². The van der Waals surface area contributed by atoms with Crippen LogP contribution in [-0.2, 0) is 17.8 Å². The van der Waals surface area contributed by atoms with Gasteiger partial charge < -0.3 is 15.4 Å². The van der Waals surface area contributed by atoms with E-state index in [4.69, 9.17) is 5.73 Å². The number of benzene rings is 2. The van der Waals surface area contributed by atoms with E-state index in [0.717, 1.165) is 21.1 Å². The Morgan fingerprint density at radius 2 is 2.04 bits per heavy atom. The Labute approximate surface area is 141 Å². The number of primary amides is 1. The van der Waals surface area contributed by atoms with Crippen LogP contribution in [0.3, 0.4) is 0 Å². The average Bonchev–Trinajstić information content (AvgIpc) is 2.84. The fourth-order valence-electron chi connectivity index (χ4n) is 2.61. The van der Waals surface area contributed by atoms with Gasteiger partial charge in [-0.2, -0.15) is 0 Å². The van der Waals surface area contributed by atoms with E-state index in [2.05, 4.69) is 20.9 Å². The zero-order chi connectivity index (χ0) is 16.4. The number of aliphatic hydroxyl groups is 1. The number of nitrogens with zero attached hydrogens (tertiary/aromatic N) is 2. The average molecular weight is 374 g/mol. The van der Waals surface area contributed by atoms with E-state index in [9.17, 15) is 9.90 Å². The minimum Gasteiger partial charge on any atom is -0.387 e. The second-order valence-electron chi connectivity index (χ2n) is 5.34. The summed E-state index contributed by atoms with van der Waals surface area (Å²) in [7, 11) is 0. The van der Waals surface area contributed by atoms with Crippen LogP contribution in [0.2, 0.25) is 0 Å². The van der Waals surface area contributed by atoms with E-state index >= 15 is 0 Å². The van der Waals surface area contributed by atoms with E-state index in [1.807, 2.05) is 53.1 Å². The van der Waals surface area contributed by atoms with E-state index in [1.165, 1.54) is 0 Å². The molecule has 3 rings (SSSR count). The first-order chi connectivity index (χ1) is 11.0. The van der Waals surface area contributed by atoms with E-state index in [-0.39, 0.29) is 6.42 Å². The predicted molar refractivity (Wildman–Crippen MR) is 91.7 cm³/mol. The van der Waals surface area contributed by atoms with Crippen molar-refractivity contribution in [2.24, 2.45) is 5.73 Å². The third-order valence-corrected chi connectivity index (χ3v) is 4.15. The van der Waals surface area contributed by atoms with Gasteiger partial charge in [0.2, 0.25) is 5.91 Å². The van der Waals surface area contributed by atoms with E-state index in [1.54, 1.807) is 0 Å². The summed E-state index contributed by atoms with van der Waals surface area (Å²) in [5.74, 6) is 0.117.